The maximum atomic E-state index is 12.7. The number of carbonyl (C=O) groups is 1. The molecule has 4 rings (SSSR count). The molecule has 0 bridgehead atoms. The molecule has 30 heavy (non-hydrogen) atoms. The predicted octanol–water partition coefficient (Wildman–Crippen LogP) is 5.66. The Hall–Kier alpha value is -3.12. The Balaban J connectivity index is 1.39. The first-order chi connectivity index (χ1) is 14.5. The predicted molar refractivity (Wildman–Crippen MR) is 118 cm³/mol. The number of nitrogens with one attached hydrogen (secondary N) is 1. The lowest BCUT2D eigenvalue weighted by Gasteiger charge is -2.32. The smallest absolute Gasteiger partial charge is 0.325 e. The number of halogens is 1. The van der Waals surface area contributed by atoms with E-state index in [4.69, 9.17) is 16.0 Å². The van der Waals surface area contributed by atoms with E-state index in [1.165, 1.54) is 5.57 Å². The fourth-order valence-corrected chi connectivity index (χ4v) is 3.95. The highest BCUT2D eigenvalue weighted by Gasteiger charge is 2.25. The van der Waals surface area contributed by atoms with Crippen molar-refractivity contribution in [3.05, 3.63) is 70.3 Å². The number of benzene rings is 2. The van der Waals surface area contributed by atoms with Crippen LogP contribution in [0.2, 0.25) is 5.02 Å². The highest BCUT2D eigenvalue weighted by molar-refractivity contribution is 6.30. The Morgan fingerprint density at radius 2 is 2.03 bits per heavy atom. The summed E-state index contributed by atoms with van der Waals surface area (Å²) in [5.41, 5.74) is 4.35. The summed E-state index contributed by atoms with van der Waals surface area (Å²) in [7, 11) is 0. The molecular weight excluding hydrogens is 400 g/mol. The normalized spacial score (nSPS) is 17.9. The first-order valence-electron chi connectivity index (χ1n) is 9.90. The average molecular weight is 423 g/mol. The lowest BCUT2D eigenvalue weighted by Crippen LogP contribution is -2.42. The third-order valence-electron chi connectivity index (χ3n) is 5.16. The molecule has 1 aliphatic rings. The van der Waals surface area contributed by atoms with Crippen molar-refractivity contribution in [2.75, 3.05) is 18.4 Å². The monoisotopic (exact) mass is 422 g/mol. The summed E-state index contributed by atoms with van der Waals surface area (Å²) in [6.45, 7) is 5.41. The molecule has 2 heterocycles. The van der Waals surface area contributed by atoms with E-state index in [1.807, 2.05) is 49.4 Å². The number of rotatable bonds is 3. The summed E-state index contributed by atoms with van der Waals surface area (Å²) in [5, 5.41) is 11.4. The second kappa shape index (κ2) is 8.71. The maximum absolute atomic E-state index is 12.7. The van der Waals surface area contributed by atoms with Gasteiger partial charge in [-0.3, -0.25) is 5.32 Å². The van der Waals surface area contributed by atoms with E-state index in [1.54, 1.807) is 4.90 Å². The van der Waals surface area contributed by atoms with E-state index >= 15 is 0 Å². The fraction of sp³-hybridized carbons (Fsp3) is 0.261. The van der Waals surface area contributed by atoms with Gasteiger partial charge >= 0.3 is 12.0 Å². The molecule has 2 aromatic carbocycles. The second-order valence-electron chi connectivity index (χ2n) is 7.59. The molecule has 1 fully saturated rings. The van der Waals surface area contributed by atoms with Gasteiger partial charge in [-0.25, -0.2) is 4.79 Å². The van der Waals surface area contributed by atoms with Crippen molar-refractivity contribution in [3.8, 4) is 11.5 Å². The standard InChI is InChI=1S/C23H23ClN4O2/c1-15-10-17(13-20(24)11-15)12-19-8-9-28(14-16(19)2)23(29)25-22-27-26-21(30-22)18-6-4-3-5-7-18/h3-7,10-13,16H,8-9,14H2,1-2H3,(H,25,27,29). The lowest BCUT2D eigenvalue weighted by atomic mass is 9.91. The van der Waals surface area contributed by atoms with Gasteiger partial charge in [0.2, 0.25) is 5.89 Å². The van der Waals surface area contributed by atoms with Crippen molar-refractivity contribution in [1.82, 2.24) is 15.1 Å². The number of nitrogens with zero attached hydrogens (tertiary/aromatic N) is 3. The molecular formula is C23H23ClN4O2. The Morgan fingerprint density at radius 3 is 2.77 bits per heavy atom. The van der Waals surface area contributed by atoms with Crippen LogP contribution in [0.1, 0.15) is 24.5 Å². The number of aryl methyl sites for hydroxylation is 1. The van der Waals surface area contributed by atoms with Gasteiger partial charge in [-0.05, 0) is 54.7 Å². The SMILES string of the molecule is Cc1cc(Cl)cc(C=C2CCN(C(=O)Nc3nnc(-c4ccccc4)o3)CC2C)c1. The number of piperidine rings is 1. The van der Waals surface area contributed by atoms with Crippen LogP contribution in [-0.2, 0) is 0 Å². The van der Waals surface area contributed by atoms with Crippen LogP contribution in [0.4, 0.5) is 10.8 Å². The quantitative estimate of drug-likeness (QED) is 0.591. The Bertz CT molecular complexity index is 1060. The molecule has 6 nitrogen and oxygen atoms in total. The van der Waals surface area contributed by atoms with E-state index in [9.17, 15) is 4.79 Å². The first-order valence-corrected chi connectivity index (χ1v) is 10.3. The van der Waals surface area contributed by atoms with Gasteiger partial charge in [0.05, 0.1) is 0 Å². The maximum Gasteiger partial charge on any atom is 0.325 e. The molecule has 1 unspecified atom stereocenters. The zero-order valence-corrected chi connectivity index (χ0v) is 17.7. The van der Waals surface area contributed by atoms with Gasteiger partial charge in [0, 0.05) is 23.7 Å². The van der Waals surface area contributed by atoms with Gasteiger partial charge in [-0.2, -0.15) is 0 Å². The third-order valence-corrected chi connectivity index (χ3v) is 5.38. The number of aromatic nitrogens is 2. The van der Waals surface area contributed by atoms with Crippen LogP contribution in [0.5, 0.6) is 0 Å². The fourth-order valence-electron chi connectivity index (χ4n) is 3.65. The number of likely N-dealkylation sites (tertiary alicyclic amines) is 1. The van der Waals surface area contributed by atoms with Gasteiger partial charge in [0.15, 0.2) is 0 Å². The summed E-state index contributed by atoms with van der Waals surface area (Å²) in [6, 6.07) is 15.3. The molecule has 0 aliphatic carbocycles. The zero-order chi connectivity index (χ0) is 21.1. The number of amides is 2. The minimum Gasteiger partial charge on any atom is -0.403 e. The minimum atomic E-state index is -0.234. The van der Waals surface area contributed by atoms with Gasteiger partial charge in [0.1, 0.15) is 0 Å². The van der Waals surface area contributed by atoms with E-state index < -0.39 is 0 Å². The van der Waals surface area contributed by atoms with Crippen molar-refractivity contribution in [3.63, 3.8) is 0 Å². The van der Waals surface area contributed by atoms with Gasteiger partial charge in [-0.1, -0.05) is 59.5 Å². The number of hydrogen-bond donors (Lipinski definition) is 1. The molecule has 0 saturated carbocycles. The Kier molecular flexibility index (Phi) is 5.86. The summed E-state index contributed by atoms with van der Waals surface area (Å²) in [4.78, 5) is 14.4. The van der Waals surface area contributed by atoms with Crippen molar-refractivity contribution in [2.24, 2.45) is 5.92 Å². The van der Waals surface area contributed by atoms with Crippen molar-refractivity contribution in [1.29, 1.82) is 0 Å². The van der Waals surface area contributed by atoms with E-state index in [0.29, 0.717) is 19.0 Å². The Morgan fingerprint density at radius 1 is 1.23 bits per heavy atom. The van der Waals surface area contributed by atoms with Crippen molar-refractivity contribution >= 4 is 29.7 Å². The number of hydrogen-bond acceptors (Lipinski definition) is 4. The second-order valence-corrected chi connectivity index (χ2v) is 8.02. The average Bonchev–Trinajstić information content (AvgIpc) is 3.18. The molecule has 1 atom stereocenters. The van der Waals surface area contributed by atoms with E-state index in [2.05, 4.69) is 34.6 Å². The number of carbonyl (C=O) groups excluding carboxylic acids is 1. The highest BCUT2D eigenvalue weighted by atomic mass is 35.5. The topological polar surface area (TPSA) is 71.3 Å². The summed E-state index contributed by atoms with van der Waals surface area (Å²) < 4.78 is 5.58. The van der Waals surface area contributed by atoms with Crippen molar-refractivity contribution in [2.45, 2.75) is 20.3 Å². The van der Waals surface area contributed by atoms with E-state index in [-0.39, 0.29) is 18.0 Å². The molecule has 1 aliphatic heterocycles. The molecule has 0 radical (unpaired) electrons. The largest absolute Gasteiger partial charge is 0.403 e. The molecule has 3 aromatic rings. The molecule has 154 valence electrons. The zero-order valence-electron chi connectivity index (χ0n) is 16.9. The summed E-state index contributed by atoms with van der Waals surface area (Å²) >= 11 is 6.18. The van der Waals surface area contributed by atoms with Crippen LogP contribution in [0, 0.1) is 12.8 Å². The lowest BCUT2D eigenvalue weighted by molar-refractivity contribution is 0.197. The van der Waals surface area contributed by atoms with Gasteiger partial charge in [-0.15, -0.1) is 5.10 Å². The third kappa shape index (κ3) is 4.71. The van der Waals surface area contributed by atoms with Crippen LogP contribution in [0.15, 0.2) is 58.5 Å². The summed E-state index contributed by atoms with van der Waals surface area (Å²) in [6.07, 6.45) is 2.99. The molecule has 7 heteroatoms. The van der Waals surface area contributed by atoms with Crippen LogP contribution in [0.3, 0.4) is 0 Å². The van der Waals surface area contributed by atoms with Crippen molar-refractivity contribution < 1.29 is 9.21 Å². The number of anilines is 1. The molecule has 2 amide bonds. The van der Waals surface area contributed by atoms with Crippen LogP contribution >= 0.6 is 11.6 Å². The molecule has 1 N–H and O–H groups in total. The van der Waals surface area contributed by atoms with Crippen LogP contribution in [-0.4, -0.2) is 34.2 Å². The molecule has 0 spiro atoms. The minimum absolute atomic E-state index is 0.0993. The van der Waals surface area contributed by atoms with Gasteiger partial charge in [0.25, 0.3) is 0 Å². The highest BCUT2D eigenvalue weighted by Crippen LogP contribution is 2.27. The van der Waals surface area contributed by atoms with Gasteiger partial charge < -0.3 is 9.32 Å². The summed E-state index contributed by atoms with van der Waals surface area (Å²) in [5.74, 6) is 0.617. The van der Waals surface area contributed by atoms with Crippen LogP contribution < -0.4 is 5.32 Å². The first kappa shape index (κ1) is 20.2. The molecule has 1 aromatic heterocycles. The van der Waals surface area contributed by atoms with E-state index in [0.717, 1.165) is 28.1 Å². The Labute approximate surface area is 180 Å². The van der Waals surface area contributed by atoms with Crippen LogP contribution in [0.25, 0.3) is 17.5 Å². The molecule has 1 saturated heterocycles. The number of urea groups is 1.